The third-order valence-corrected chi connectivity index (χ3v) is 4.42. The maximum Gasteiger partial charge on any atom is 0.416 e. The van der Waals surface area contributed by atoms with E-state index in [1.807, 2.05) is 35.9 Å². The summed E-state index contributed by atoms with van der Waals surface area (Å²) in [4.78, 5) is 0. The average molecular weight is 343 g/mol. The lowest BCUT2D eigenvalue weighted by molar-refractivity contribution is -0.137. The summed E-state index contributed by atoms with van der Waals surface area (Å²) in [6.45, 7) is 2.82. The van der Waals surface area contributed by atoms with Crippen molar-refractivity contribution in [3.63, 3.8) is 0 Å². The van der Waals surface area contributed by atoms with E-state index >= 15 is 0 Å². The van der Waals surface area contributed by atoms with Crippen molar-refractivity contribution in [3.8, 4) is 16.9 Å². The maximum absolute atomic E-state index is 12.8. The largest absolute Gasteiger partial charge is 0.416 e. The third-order valence-electron chi connectivity index (χ3n) is 4.42. The fourth-order valence-electron chi connectivity index (χ4n) is 3.10. The van der Waals surface area contributed by atoms with Crippen LogP contribution in [0.5, 0.6) is 0 Å². The van der Waals surface area contributed by atoms with E-state index < -0.39 is 11.7 Å². The smallest absolute Gasteiger partial charge is 0.369 e. The summed E-state index contributed by atoms with van der Waals surface area (Å²) in [5, 5.41) is 7.99. The second-order valence-electron chi connectivity index (χ2n) is 6.18. The second-order valence-corrected chi connectivity index (χ2v) is 6.18. The van der Waals surface area contributed by atoms with Crippen molar-refractivity contribution in [2.45, 2.75) is 19.5 Å². The van der Waals surface area contributed by atoms with Crippen LogP contribution >= 0.6 is 0 Å². The normalized spacial score (nSPS) is 13.6. The van der Waals surface area contributed by atoms with Crippen LogP contribution in [0.15, 0.2) is 48.5 Å². The van der Waals surface area contributed by atoms with E-state index in [2.05, 4.69) is 10.4 Å². The van der Waals surface area contributed by atoms with Gasteiger partial charge in [0.2, 0.25) is 0 Å². The zero-order valence-electron chi connectivity index (χ0n) is 13.6. The number of rotatable bonds is 2. The van der Waals surface area contributed by atoms with Gasteiger partial charge in [0.05, 0.1) is 16.9 Å². The van der Waals surface area contributed by atoms with Crippen LogP contribution in [0.25, 0.3) is 16.9 Å². The van der Waals surface area contributed by atoms with Gasteiger partial charge in [-0.15, -0.1) is 0 Å². The average Bonchev–Trinajstić information content (AvgIpc) is 3.17. The van der Waals surface area contributed by atoms with E-state index in [9.17, 15) is 13.2 Å². The molecule has 0 saturated heterocycles. The van der Waals surface area contributed by atoms with Gasteiger partial charge in [-0.1, -0.05) is 29.8 Å². The van der Waals surface area contributed by atoms with Gasteiger partial charge in [0, 0.05) is 17.7 Å². The third kappa shape index (κ3) is 2.77. The molecule has 0 fully saturated rings. The lowest BCUT2D eigenvalue weighted by atomic mass is 10.0. The molecule has 0 spiro atoms. The van der Waals surface area contributed by atoms with Crippen molar-refractivity contribution in [1.29, 1.82) is 0 Å². The Kier molecular flexibility index (Phi) is 3.56. The molecule has 3 nitrogen and oxygen atoms in total. The number of aryl methyl sites for hydroxylation is 1. The molecule has 25 heavy (non-hydrogen) atoms. The van der Waals surface area contributed by atoms with Gasteiger partial charge in [-0.05, 0) is 37.6 Å². The van der Waals surface area contributed by atoms with Crippen molar-refractivity contribution < 1.29 is 13.2 Å². The van der Waals surface area contributed by atoms with Crippen LogP contribution in [0.3, 0.4) is 0 Å². The molecule has 1 aliphatic heterocycles. The summed E-state index contributed by atoms with van der Waals surface area (Å²) >= 11 is 0. The Hall–Kier alpha value is -2.76. The van der Waals surface area contributed by atoms with Crippen LogP contribution in [-0.2, 0) is 12.6 Å². The Bertz CT molecular complexity index is 907. The van der Waals surface area contributed by atoms with Gasteiger partial charge < -0.3 is 5.32 Å². The molecule has 0 radical (unpaired) electrons. The lowest BCUT2D eigenvalue weighted by Gasteiger charge is -2.07. The zero-order valence-corrected chi connectivity index (χ0v) is 13.6. The number of anilines is 1. The number of nitrogens with zero attached hydrogens (tertiary/aromatic N) is 2. The van der Waals surface area contributed by atoms with E-state index in [1.54, 1.807) is 0 Å². The molecule has 2 heterocycles. The molecule has 2 aromatic carbocycles. The minimum Gasteiger partial charge on any atom is -0.369 e. The number of hydrogen-bond donors (Lipinski definition) is 1. The Labute approximate surface area is 143 Å². The minimum atomic E-state index is -4.33. The van der Waals surface area contributed by atoms with E-state index in [-0.39, 0.29) is 0 Å². The van der Waals surface area contributed by atoms with Gasteiger partial charge in [0.15, 0.2) is 0 Å². The van der Waals surface area contributed by atoms with Crippen molar-refractivity contribution in [2.24, 2.45) is 0 Å². The van der Waals surface area contributed by atoms with Crippen LogP contribution < -0.4 is 5.32 Å². The van der Waals surface area contributed by atoms with E-state index in [4.69, 9.17) is 0 Å². The van der Waals surface area contributed by atoms with Crippen LogP contribution in [-0.4, -0.2) is 16.3 Å². The highest BCUT2D eigenvalue weighted by Crippen LogP contribution is 2.36. The predicted molar refractivity (Wildman–Crippen MR) is 90.9 cm³/mol. The summed E-state index contributed by atoms with van der Waals surface area (Å²) in [6, 6.07) is 13.2. The fraction of sp³-hybridized carbons (Fsp3) is 0.211. The molecular weight excluding hydrogens is 327 g/mol. The van der Waals surface area contributed by atoms with Crippen molar-refractivity contribution in [1.82, 2.24) is 9.78 Å². The quantitative estimate of drug-likeness (QED) is 0.722. The highest BCUT2D eigenvalue weighted by atomic mass is 19.4. The van der Waals surface area contributed by atoms with Crippen LogP contribution in [0, 0.1) is 6.92 Å². The molecule has 4 rings (SSSR count). The summed E-state index contributed by atoms with van der Waals surface area (Å²) < 4.78 is 40.1. The number of fused-ring (bicyclic) bond motifs is 1. The number of aromatic nitrogens is 2. The van der Waals surface area contributed by atoms with Crippen LogP contribution in [0.4, 0.5) is 19.0 Å². The van der Waals surface area contributed by atoms with Gasteiger partial charge in [-0.25, -0.2) is 4.68 Å². The van der Waals surface area contributed by atoms with Crippen molar-refractivity contribution >= 4 is 5.82 Å². The first-order valence-electron chi connectivity index (χ1n) is 8.04. The number of nitrogens with one attached hydrogen (secondary N) is 1. The Morgan fingerprint density at radius 1 is 1.00 bits per heavy atom. The van der Waals surface area contributed by atoms with Crippen molar-refractivity contribution in [2.75, 3.05) is 11.9 Å². The molecule has 3 aromatic rings. The summed E-state index contributed by atoms with van der Waals surface area (Å²) in [7, 11) is 0. The molecule has 6 heteroatoms. The summed E-state index contributed by atoms with van der Waals surface area (Å²) in [5.74, 6) is 0.916. The Morgan fingerprint density at radius 2 is 1.68 bits per heavy atom. The first-order valence-corrected chi connectivity index (χ1v) is 8.04. The van der Waals surface area contributed by atoms with Crippen LogP contribution in [0.1, 0.15) is 16.7 Å². The molecule has 0 aliphatic carbocycles. The fourth-order valence-corrected chi connectivity index (χ4v) is 3.10. The molecule has 0 atom stereocenters. The standard InChI is InChI=1S/C19H16F3N3/c1-12-2-8-15(9-3-12)25-18-16(10-11-23-18)17(24-25)13-4-6-14(7-5-13)19(20,21)22/h2-9,23H,10-11H2,1H3. The molecule has 128 valence electrons. The molecular formula is C19H16F3N3. The highest BCUT2D eigenvalue weighted by Gasteiger charge is 2.30. The number of benzene rings is 2. The van der Waals surface area contributed by atoms with Gasteiger partial charge in [0.25, 0.3) is 0 Å². The second kappa shape index (κ2) is 5.65. The highest BCUT2D eigenvalue weighted by molar-refractivity contribution is 5.73. The van der Waals surface area contributed by atoms with E-state index in [0.29, 0.717) is 5.56 Å². The molecule has 0 amide bonds. The Balaban J connectivity index is 1.79. The molecule has 0 saturated carbocycles. The molecule has 1 N–H and O–H groups in total. The molecule has 1 aromatic heterocycles. The summed E-state index contributed by atoms with van der Waals surface area (Å²) in [6.07, 6.45) is -3.53. The van der Waals surface area contributed by atoms with E-state index in [1.165, 1.54) is 12.1 Å². The maximum atomic E-state index is 12.8. The number of alkyl halides is 3. The first kappa shape index (κ1) is 15.7. The SMILES string of the molecule is Cc1ccc(-n2nc(-c3ccc(C(F)(F)F)cc3)c3c2NCC3)cc1. The van der Waals surface area contributed by atoms with E-state index in [0.717, 1.165) is 53.4 Å². The summed E-state index contributed by atoms with van der Waals surface area (Å²) in [5.41, 5.74) is 3.90. The molecule has 0 bridgehead atoms. The lowest BCUT2D eigenvalue weighted by Crippen LogP contribution is -2.05. The van der Waals surface area contributed by atoms with Crippen LogP contribution in [0.2, 0.25) is 0 Å². The molecule has 0 unspecified atom stereocenters. The predicted octanol–water partition coefficient (Wildman–Crippen LogP) is 4.83. The number of hydrogen-bond acceptors (Lipinski definition) is 2. The number of halogens is 3. The van der Waals surface area contributed by atoms with Crippen molar-refractivity contribution in [3.05, 3.63) is 65.2 Å². The van der Waals surface area contributed by atoms with Gasteiger partial charge in [-0.2, -0.15) is 18.3 Å². The zero-order chi connectivity index (χ0) is 17.6. The van der Waals surface area contributed by atoms with Gasteiger partial charge in [0.1, 0.15) is 5.82 Å². The minimum absolute atomic E-state index is 0.649. The Morgan fingerprint density at radius 3 is 2.32 bits per heavy atom. The van der Waals surface area contributed by atoms with Gasteiger partial charge in [-0.3, -0.25) is 0 Å². The topological polar surface area (TPSA) is 29.9 Å². The monoisotopic (exact) mass is 343 g/mol. The first-order chi connectivity index (χ1) is 11.9. The molecule has 1 aliphatic rings. The van der Waals surface area contributed by atoms with Gasteiger partial charge >= 0.3 is 6.18 Å².